The summed E-state index contributed by atoms with van der Waals surface area (Å²) in [4.78, 5) is 16.4. The van der Waals surface area contributed by atoms with Crippen LogP contribution in [-0.2, 0) is 24.2 Å². The van der Waals surface area contributed by atoms with E-state index in [4.69, 9.17) is 0 Å². The lowest BCUT2D eigenvalue weighted by Crippen LogP contribution is -3.12. The molecule has 166 valence electrons. The topological polar surface area (TPSA) is 36.8 Å². The Morgan fingerprint density at radius 1 is 1.00 bits per heavy atom. The summed E-state index contributed by atoms with van der Waals surface area (Å²) in [6.07, 6.45) is 1.50. The first-order valence-electron chi connectivity index (χ1n) is 11.5. The van der Waals surface area contributed by atoms with Crippen LogP contribution in [0, 0.1) is 6.92 Å². The average Bonchev–Trinajstić information content (AvgIpc) is 2.79. The van der Waals surface area contributed by atoms with Gasteiger partial charge in [-0.3, -0.25) is 4.79 Å². The van der Waals surface area contributed by atoms with E-state index in [2.05, 4.69) is 91.9 Å². The van der Waals surface area contributed by atoms with E-state index in [1.807, 2.05) is 12.1 Å². The minimum absolute atomic E-state index is 0.0855. The van der Waals surface area contributed by atoms with Gasteiger partial charge in [-0.1, -0.05) is 66.2 Å². The van der Waals surface area contributed by atoms with E-state index in [1.165, 1.54) is 32.8 Å². The Kier molecular flexibility index (Phi) is 6.91. The Balaban J connectivity index is 1.50. The molecule has 0 aliphatic carbocycles. The zero-order valence-electron chi connectivity index (χ0n) is 19.4. The number of quaternary nitrogens is 1. The third kappa shape index (κ3) is 5.38. The monoisotopic (exact) mass is 428 g/mol. The fraction of sp³-hybridized carbons (Fsp3) is 0.321. The molecule has 0 aromatic heterocycles. The van der Waals surface area contributed by atoms with Gasteiger partial charge in [-0.2, -0.15) is 0 Å². The van der Waals surface area contributed by atoms with Crippen molar-refractivity contribution in [1.82, 2.24) is 5.32 Å². The van der Waals surface area contributed by atoms with Crippen LogP contribution in [0.5, 0.6) is 0 Å². The lowest BCUT2D eigenvalue weighted by Gasteiger charge is -2.33. The van der Waals surface area contributed by atoms with Crippen LogP contribution < -0.4 is 15.1 Å². The molecule has 4 heteroatoms. The summed E-state index contributed by atoms with van der Waals surface area (Å²) in [5, 5.41) is 3.24. The van der Waals surface area contributed by atoms with Crippen molar-refractivity contribution in [3.63, 3.8) is 0 Å². The SMILES string of the molecule is Cc1cccc(CC(=O)NC[C@@H](c2ccc(N(C)C)cc2)[NH+]2CCc3ccccc3C2)c1. The van der Waals surface area contributed by atoms with E-state index in [-0.39, 0.29) is 11.9 Å². The minimum Gasteiger partial charge on any atom is -0.378 e. The number of fused-ring (bicyclic) bond motifs is 1. The van der Waals surface area contributed by atoms with E-state index in [0.29, 0.717) is 13.0 Å². The quantitative estimate of drug-likeness (QED) is 0.607. The highest BCUT2D eigenvalue weighted by molar-refractivity contribution is 5.78. The second kappa shape index (κ2) is 10.0. The van der Waals surface area contributed by atoms with Crippen LogP contribution >= 0.6 is 0 Å². The lowest BCUT2D eigenvalue weighted by molar-refractivity contribution is -0.945. The summed E-state index contributed by atoms with van der Waals surface area (Å²) in [6, 6.07) is 26.0. The number of benzene rings is 3. The van der Waals surface area contributed by atoms with Crippen LogP contribution in [0.2, 0.25) is 0 Å². The van der Waals surface area contributed by atoms with Crippen molar-refractivity contribution in [1.29, 1.82) is 0 Å². The number of amides is 1. The highest BCUT2D eigenvalue weighted by Gasteiger charge is 2.28. The number of aryl methyl sites for hydroxylation is 1. The van der Waals surface area contributed by atoms with Gasteiger partial charge in [0.05, 0.1) is 19.5 Å². The third-order valence-electron chi connectivity index (χ3n) is 6.51. The molecule has 1 unspecified atom stereocenters. The van der Waals surface area contributed by atoms with E-state index < -0.39 is 0 Å². The fourth-order valence-electron chi connectivity index (χ4n) is 4.69. The van der Waals surface area contributed by atoms with E-state index in [0.717, 1.165) is 25.1 Å². The fourth-order valence-corrected chi connectivity index (χ4v) is 4.69. The summed E-state index contributed by atoms with van der Waals surface area (Å²) in [5.41, 5.74) is 7.60. The molecule has 1 heterocycles. The molecule has 0 saturated heterocycles. The van der Waals surface area contributed by atoms with E-state index >= 15 is 0 Å². The smallest absolute Gasteiger partial charge is 0.224 e. The standard InChI is InChI=1S/C28H33N3O/c1-21-7-6-8-22(17-21)18-28(32)29-19-27(24-11-13-26(14-12-24)30(2)3)31-16-15-23-9-4-5-10-25(23)20-31/h4-14,17,27H,15-16,18-20H2,1-3H3,(H,29,32)/p+1/t27-/m0/s1. The first-order chi connectivity index (χ1) is 15.5. The molecular weight excluding hydrogens is 394 g/mol. The van der Waals surface area contributed by atoms with Gasteiger partial charge in [0.1, 0.15) is 12.6 Å². The van der Waals surface area contributed by atoms with Gasteiger partial charge < -0.3 is 15.1 Å². The van der Waals surface area contributed by atoms with Gasteiger partial charge in [0, 0.05) is 37.3 Å². The van der Waals surface area contributed by atoms with Crippen molar-refractivity contribution in [2.45, 2.75) is 32.4 Å². The van der Waals surface area contributed by atoms with Gasteiger partial charge in [0.15, 0.2) is 0 Å². The Hall–Kier alpha value is -3.11. The molecule has 0 radical (unpaired) electrons. The molecule has 0 fully saturated rings. The molecule has 0 bridgehead atoms. The summed E-state index contributed by atoms with van der Waals surface area (Å²) < 4.78 is 0. The number of nitrogens with one attached hydrogen (secondary N) is 2. The molecule has 3 aromatic carbocycles. The van der Waals surface area contributed by atoms with Gasteiger partial charge in [-0.25, -0.2) is 0 Å². The molecule has 1 amide bonds. The van der Waals surface area contributed by atoms with Crippen molar-refractivity contribution in [2.75, 3.05) is 32.1 Å². The van der Waals surface area contributed by atoms with Crippen LogP contribution in [0.3, 0.4) is 0 Å². The highest BCUT2D eigenvalue weighted by Crippen LogP contribution is 2.19. The molecule has 1 aliphatic heterocycles. The largest absolute Gasteiger partial charge is 0.378 e. The van der Waals surface area contributed by atoms with Gasteiger partial charge in [-0.15, -0.1) is 0 Å². The molecule has 2 N–H and O–H groups in total. The van der Waals surface area contributed by atoms with Crippen molar-refractivity contribution in [2.24, 2.45) is 0 Å². The van der Waals surface area contributed by atoms with E-state index in [9.17, 15) is 4.79 Å². The Morgan fingerprint density at radius 3 is 2.47 bits per heavy atom. The number of anilines is 1. The van der Waals surface area contributed by atoms with Crippen LogP contribution in [0.4, 0.5) is 5.69 Å². The number of carbonyl (C=O) groups excluding carboxylic acids is 1. The molecule has 4 rings (SSSR count). The van der Waals surface area contributed by atoms with Gasteiger partial charge in [0.2, 0.25) is 5.91 Å². The second-order valence-electron chi connectivity index (χ2n) is 9.11. The predicted molar refractivity (Wildman–Crippen MR) is 131 cm³/mol. The molecule has 1 aliphatic rings. The minimum atomic E-state index is 0.0855. The van der Waals surface area contributed by atoms with Gasteiger partial charge in [0.25, 0.3) is 0 Å². The number of rotatable bonds is 7. The van der Waals surface area contributed by atoms with Gasteiger partial charge >= 0.3 is 0 Å². The predicted octanol–water partition coefficient (Wildman–Crippen LogP) is 3.10. The first kappa shape index (κ1) is 22.1. The second-order valence-corrected chi connectivity index (χ2v) is 9.11. The third-order valence-corrected chi connectivity index (χ3v) is 6.51. The molecule has 0 saturated carbocycles. The summed E-state index contributed by atoms with van der Waals surface area (Å²) >= 11 is 0. The van der Waals surface area contributed by atoms with Crippen LogP contribution in [-0.4, -0.2) is 33.1 Å². The summed E-state index contributed by atoms with van der Waals surface area (Å²) in [6.45, 7) is 4.77. The van der Waals surface area contributed by atoms with Crippen LogP contribution in [0.1, 0.15) is 33.9 Å². The van der Waals surface area contributed by atoms with Gasteiger partial charge in [-0.05, 0) is 30.2 Å². The number of hydrogen-bond donors (Lipinski definition) is 2. The van der Waals surface area contributed by atoms with Crippen LogP contribution in [0.25, 0.3) is 0 Å². The molecule has 0 spiro atoms. The number of nitrogens with zero attached hydrogens (tertiary/aromatic N) is 1. The molecule has 32 heavy (non-hydrogen) atoms. The summed E-state index contributed by atoms with van der Waals surface area (Å²) in [7, 11) is 4.12. The normalized spacial score (nSPS) is 16.2. The average molecular weight is 429 g/mol. The summed E-state index contributed by atoms with van der Waals surface area (Å²) in [5.74, 6) is 0.0855. The zero-order chi connectivity index (χ0) is 22.5. The number of hydrogen-bond acceptors (Lipinski definition) is 2. The Morgan fingerprint density at radius 2 is 1.75 bits per heavy atom. The van der Waals surface area contributed by atoms with E-state index in [1.54, 1.807) is 0 Å². The molecular formula is C28H34N3O+. The lowest BCUT2D eigenvalue weighted by atomic mass is 9.96. The van der Waals surface area contributed by atoms with Crippen LogP contribution in [0.15, 0.2) is 72.8 Å². The number of carbonyl (C=O) groups is 1. The first-order valence-corrected chi connectivity index (χ1v) is 11.5. The van der Waals surface area contributed by atoms with Crippen molar-refractivity contribution in [3.8, 4) is 0 Å². The van der Waals surface area contributed by atoms with Crippen molar-refractivity contribution < 1.29 is 9.69 Å². The Labute approximate surface area is 191 Å². The molecule has 2 atom stereocenters. The molecule has 4 nitrogen and oxygen atoms in total. The Bertz CT molecular complexity index is 1060. The van der Waals surface area contributed by atoms with Crippen molar-refractivity contribution >= 4 is 11.6 Å². The zero-order valence-corrected chi connectivity index (χ0v) is 19.4. The van der Waals surface area contributed by atoms with Crippen molar-refractivity contribution in [3.05, 3.63) is 101 Å². The molecule has 3 aromatic rings. The maximum Gasteiger partial charge on any atom is 0.224 e. The maximum atomic E-state index is 12.8. The maximum absolute atomic E-state index is 12.8. The highest BCUT2D eigenvalue weighted by atomic mass is 16.1.